The fraction of sp³-hybridized carbons (Fsp3) is 0.917. The van der Waals surface area contributed by atoms with E-state index in [-0.39, 0.29) is 11.8 Å². The molecule has 1 rings (SSSR count). The van der Waals surface area contributed by atoms with E-state index in [1.165, 1.54) is 0 Å². The van der Waals surface area contributed by atoms with Crippen molar-refractivity contribution < 1.29 is 9.90 Å². The fourth-order valence-electron chi connectivity index (χ4n) is 2.28. The molecule has 88 valence electrons. The van der Waals surface area contributed by atoms with Gasteiger partial charge < -0.3 is 10.0 Å². The van der Waals surface area contributed by atoms with Crippen LogP contribution in [0.2, 0.25) is 0 Å². The molecule has 15 heavy (non-hydrogen) atoms. The third-order valence-electron chi connectivity index (χ3n) is 3.13. The highest BCUT2D eigenvalue weighted by atomic mass is 16.3. The quantitative estimate of drug-likeness (QED) is 0.776. The van der Waals surface area contributed by atoms with Crippen molar-refractivity contribution in [3.05, 3.63) is 0 Å². The standard InChI is InChI=1S/C12H23NO2/c1-4-6-10(2)11(14)13-8-5-7-12(3,15)9-13/h10,15H,4-9H2,1-3H3. The van der Waals surface area contributed by atoms with Crippen LogP contribution in [0.15, 0.2) is 0 Å². The molecule has 2 unspecified atom stereocenters. The Bertz CT molecular complexity index is 226. The molecule has 2 atom stereocenters. The van der Waals surface area contributed by atoms with E-state index in [1.54, 1.807) is 0 Å². The summed E-state index contributed by atoms with van der Waals surface area (Å²) in [6.07, 6.45) is 3.70. The van der Waals surface area contributed by atoms with Crippen molar-refractivity contribution in [2.24, 2.45) is 5.92 Å². The molecule has 3 nitrogen and oxygen atoms in total. The number of carbonyl (C=O) groups is 1. The molecule has 1 N–H and O–H groups in total. The largest absolute Gasteiger partial charge is 0.388 e. The van der Waals surface area contributed by atoms with E-state index in [0.717, 1.165) is 32.2 Å². The van der Waals surface area contributed by atoms with Crippen LogP contribution in [0.4, 0.5) is 0 Å². The van der Waals surface area contributed by atoms with E-state index < -0.39 is 5.60 Å². The molecule has 1 amide bonds. The summed E-state index contributed by atoms with van der Waals surface area (Å²) in [5.41, 5.74) is -0.681. The minimum atomic E-state index is -0.681. The number of hydrogen-bond acceptors (Lipinski definition) is 2. The van der Waals surface area contributed by atoms with Gasteiger partial charge in [0.1, 0.15) is 0 Å². The van der Waals surface area contributed by atoms with E-state index >= 15 is 0 Å². The lowest BCUT2D eigenvalue weighted by Crippen LogP contribution is -2.50. The first-order valence-corrected chi connectivity index (χ1v) is 5.97. The molecule has 1 fully saturated rings. The van der Waals surface area contributed by atoms with Gasteiger partial charge in [0, 0.05) is 19.0 Å². The van der Waals surface area contributed by atoms with Crippen LogP contribution >= 0.6 is 0 Å². The van der Waals surface area contributed by atoms with Crippen LogP contribution in [0, 0.1) is 5.92 Å². The number of amides is 1. The molecule has 0 spiro atoms. The summed E-state index contributed by atoms with van der Waals surface area (Å²) in [6.45, 7) is 7.20. The molecule has 0 aromatic heterocycles. The lowest BCUT2D eigenvalue weighted by molar-refractivity contribution is -0.141. The van der Waals surface area contributed by atoms with Crippen molar-refractivity contribution in [3.63, 3.8) is 0 Å². The molecule has 0 saturated carbocycles. The van der Waals surface area contributed by atoms with E-state index in [4.69, 9.17) is 0 Å². The van der Waals surface area contributed by atoms with Crippen LogP contribution in [0.1, 0.15) is 46.5 Å². The maximum absolute atomic E-state index is 12.0. The Kier molecular flexibility index (Phi) is 4.14. The van der Waals surface area contributed by atoms with E-state index in [2.05, 4.69) is 6.92 Å². The minimum absolute atomic E-state index is 0.101. The summed E-state index contributed by atoms with van der Waals surface area (Å²) in [6, 6.07) is 0. The van der Waals surface area contributed by atoms with Crippen LogP contribution in [0.25, 0.3) is 0 Å². The summed E-state index contributed by atoms with van der Waals surface area (Å²) >= 11 is 0. The van der Waals surface area contributed by atoms with Crippen LogP contribution in [-0.2, 0) is 4.79 Å². The van der Waals surface area contributed by atoms with Gasteiger partial charge >= 0.3 is 0 Å². The lowest BCUT2D eigenvalue weighted by atomic mass is 9.93. The predicted octanol–water partition coefficient (Wildman–Crippen LogP) is 1.80. The smallest absolute Gasteiger partial charge is 0.225 e. The SMILES string of the molecule is CCCC(C)C(=O)N1CCCC(C)(O)C1. The maximum Gasteiger partial charge on any atom is 0.225 e. The number of rotatable bonds is 3. The molecular formula is C12H23NO2. The number of nitrogens with zero attached hydrogens (tertiary/aromatic N) is 1. The number of carbonyl (C=O) groups excluding carboxylic acids is 1. The Morgan fingerprint density at radius 1 is 1.60 bits per heavy atom. The lowest BCUT2D eigenvalue weighted by Gasteiger charge is -2.38. The average molecular weight is 213 g/mol. The highest BCUT2D eigenvalue weighted by Gasteiger charge is 2.32. The second-order valence-electron chi connectivity index (χ2n) is 5.05. The summed E-state index contributed by atoms with van der Waals surface area (Å²) < 4.78 is 0. The second kappa shape index (κ2) is 4.97. The molecular weight excluding hydrogens is 190 g/mol. The minimum Gasteiger partial charge on any atom is -0.388 e. The fourth-order valence-corrected chi connectivity index (χ4v) is 2.28. The van der Waals surface area contributed by atoms with Crippen molar-refractivity contribution in [1.29, 1.82) is 0 Å². The van der Waals surface area contributed by atoms with Gasteiger partial charge in [-0.1, -0.05) is 20.3 Å². The Hall–Kier alpha value is -0.570. The first-order chi connectivity index (χ1) is 6.96. The van der Waals surface area contributed by atoms with Gasteiger partial charge in [-0.25, -0.2) is 0 Å². The van der Waals surface area contributed by atoms with Crippen molar-refractivity contribution in [2.45, 2.75) is 52.1 Å². The zero-order valence-corrected chi connectivity index (χ0v) is 10.1. The first kappa shape index (κ1) is 12.5. The predicted molar refractivity (Wildman–Crippen MR) is 60.5 cm³/mol. The number of likely N-dealkylation sites (tertiary alicyclic amines) is 1. The van der Waals surface area contributed by atoms with Crippen LogP contribution in [-0.4, -0.2) is 34.6 Å². The van der Waals surface area contributed by atoms with Crippen molar-refractivity contribution >= 4 is 5.91 Å². The van der Waals surface area contributed by atoms with Crippen molar-refractivity contribution in [1.82, 2.24) is 4.90 Å². The summed E-state index contributed by atoms with van der Waals surface area (Å²) in [7, 11) is 0. The van der Waals surface area contributed by atoms with Gasteiger partial charge in [0.25, 0.3) is 0 Å². The molecule has 0 aromatic carbocycles. The Labute approximate surface area is 92.5 Å². The van der Waals surface area contributed by atoms with Gasteiger partial charge in [-0.15, -0.1) is 0 Å². The molecule has 0 aromatic rings. The molecule has 1 heterocycles. The van der Waals surface area contributed by atoms with Gasteiger partial charge in [-0.05, 0) is 26.2 Å². The van der Waals surface area contributed by atoms with Gasteiger partial charge in [0.2, 0.25) is 5.91 Å². The average Bonchev–Trinajstić information content (AvgIpc) is 2.15. The number of aliphatic hydroxyl groups is 1. The molecule has 0 aliphatic carbocycles. The van der Waals surface area contributed by atoms with Crippen LogP contribution in [0.3, 0.4) is 0 Å². The van der Waals surface area contributed by atoms with Gasteiger partial charge in [0.05, 0.1) is 5.60 Å². The molecule has 1 aliphatic heterocycles. The van der Waals surface area contributed by atoms with Crippen LogP contribution in [0.5, 0.6) is 0 Å². The monoisotopic (exact) mass is 213 g/mol. The maximum atomic E-state index is 12.0. The number of hydrogen-bond donors (Lipinski definition) is 1. The molecule has 1 aliphatic rings. The molecule has 3 heteroatoms. The van der Waals surface area contributed by atoms with Crippen LogP contribution < -0.4 is 0 Å². The second-order valence-corrected chi connectivity index (χ2v) is 5.05. The zero-order valence-electron chi connectivity index (χ0n) is 10.1. The molecule has 0 radical (unpaired) electrons. The first-order valence-electron chi connectivity index (χ1n) is 5.97. The van der Waals surface area contributed by atoms with Gasteiger partial charge in [0.15, 0.2) is 0 Å². The van der Waals surface area contributed by atoms with E-state index in [0.29, 0.717) is 6.54 Å². The third-order valence-corrected chi connectivity index (χ3v) is 3.13. The number of piperidine rings is 1. The zero-order chi connectivity index (χ0) is 11.5. The molecule has 0 bridgehead atoms. The summed E-state index contributed by atoms with van der Waals surface area (Å²) in [5.74, 6) is 0.306. The summed E-state index contributed by atoms with van der Waals surface area (Å²) in [4.78, 5) is 13.8. The Balaban J connectivity index is 2.52. The topological polar surface area (TPSA) is 40.5 Å². The van der Waals surface area contributed by atoms with E-state index in [9.17, 15) is 9.90 Å². The van der Waals surface area contributed by atoms with Crippen molar-refractivity contribution in [2.75, 3.05) is 13.1 Å². The third kappa shape index (κ3) is 3.49. The summed E-state index contributed by atoms with van der Waals surface area (Å²) in [5, 5.41) is 9.91. The van der Waals surface area contributed by atoms with E-state index in [1.807, 2.05) is 18.7 Å². The number of β-amino-alcohol motifs (C(OH)–C–C–N with tert-alkyl or cyclic N) is 1. The van der Waals surface area contributed by atoms with Gasteiger partial charge in [-0.3, -0.25) is 4.79 Å². The highest BCUT2D eigenvalue weighted by Crippen LogP contribution is 2.22. The van der Waals surface area contributed by atoms with Gasteiger partial charge in [-0.2, -0.15) is 0 Å². The Morgan fingerprint density at radius 3 is 2.80 bits per heavy atom. The Morgan fingerprint density at radius 2 is 2.27 bits per heavy atom. The highest BCUT2D eigenvalue weighted by molar-refractivity contribution is 5.78. The van der Waals surface area contributed by atoms with Crippen molar-refractivity contribution in [3.8, 4) is 0 Å². The normalized spacial score (nSPS) is 28.9. The molecule has 1 saturated heterocycles.